The number of fused-ring (bicyclic) bond motifs is 1. The highest BCUT2D eigenvalue weighted by Crippen LogP contribution is 2.26. The van der Waals surface area contributed by atoms with E-state index in [4.69, 9.17) is 0 Å². The van der Waals surface area contributed by atoms with E-state index in [1.165, 1.54) is 23.2 Å². The molecule has 1 aliphatic carbocycles. The van der Waals surface area contributed by atoms with Crippen LogP contribution in [-0.2, 0) is 22.4 Å². The molecule has 0 atom stereocenters. The molecule has 0 spiro atoms. The quantitative estimate of drug-likeness (QED) is 0.828. The van der Waals surface area contributed by atoms with Crippen molar-refractivity contribution in [3.05, 3.63) is 29.3 Å². The fraction of sp³-hybridized carbons (Fsp3) is 0.579. The Hall–Kier alpha value is -2.04. The molecule has 130 valence electrons. The summed E-state index contributed by atoms with van der Waals surface area (Å²) in [6.07, 6.45) is 7.31. The van der Waals surface area contributed by atoms with Crippen molar-refractivity contribution >= 4 is 17.5 Å². The maximum Gasteiger partial charge on any atom is 0.309 e. The van der Waals surface area contributed by atoms with Crippen molar-refractivity contribution in [3.8, 4) is 0 Å². The number of nitrogens with zero attached hydrogens (tertiary/aromatic N) is 1. The molecule has 0 saturated heterocycles. The van der Waals surface area contributed by atoms with Crippen molar-refractivity contribution in [2.24, 2.45) is 0 Å². The Balaban J connectivity index is 1.45. The van der Waals surface area contributed by atoms with Gasteiger partial charge in [-0.25, -0.2) is 0 Å². The molecule has 1 heterocycles. The van der Waals surface area contributed by atoms with E-state index in [0.717, 1.165) is 45.1 Å². The van der Waals surface area contributed by atoms with E-state index < -0.39 is 11.8 Å². The lowest BCUT2D eigenvalue weighted by Crippen LogP contribution is -2.44. The van der Waals surface area contributed by atoms with Crippen LogP contribution in [0.5, 0.6) is 0 Å². The van der Waals surface area contributed by atoms with Crippen LogP contribution in [0.4, 0.5) is 5.69 Å². The molecule has 5 heteroatoms. The maximum atomic E-state index is 11.9. The van der Waals surface area contributed by atoms with Gasteiger partial charge in [-0.15, -0.1) is 0 Å². The first-order valence-electron chi connectivity index (χ1n) is 9.05. The topological polar surface area (TPSA) is 61.4 Å². The van der Waals surface area contributed by atoms with Gasteiger partial charge in [0.05, 0.1) is 0 Å². The second-order valence-electron chi connectivity index (χ2n) is 6.95. The number of carbonyl (C=O) groups excluding carboxylic acids is 2. The molecule has 1 aliphatic heterocycles. The largest absolute Gasteiger partial charge is 0.374 e. The Morgan fingerprint density at radius 2 is 1.96 bits per heavy atom. The number of rotatable bonds is 4. The summed E-state index contributed by atoms with van der Waals surface area (Å²) in [6.45, 7) is 1.60. The van der Waals surface area contributed by atoms with E-state index in [0.29, 0.717) is 6.54 Å². The minimum absolute atomic E-state index is 0.181. The normalized spacial score (nSPS) is 17.5. The van der Waals surface area contributed by atoms with E-state index in [1.54, 1.807) is 0 Å². The fourth-order valence-corrected chi connectivity index (χ4v) is 3.72. The molecular weight excluding hydrogens is 302 g/mol. The second kappa shape index (κ2) is 7.69. The first-order chi connectivity index (χ1) is 11.6. The minimum Gasteiger partial charge on any atom is -0.374 e. The van der Waals surface area contributed by atoms with Crippen molar-refractivity contribution in [1.29, 1.82) is 0 Å². The second-order valence-corrected chi connectivity index (χ2v) is 6.95. The summed E-state index contributed by atoms with van der Waals surface area (Å²) in [4.78, 5) is 26.0. The van der Waals surface area contributed by atoms with Gasteiger partial charge in [0.2, 0.25) is 0 Å². The average Bonchev–Trinajstić information content (AvgIpc) is 3.08. The molecular formula is C19H27N3O2. The first kappa shape index (κ1) is 16.8. The third-order valence-electron chi connectivity index (χ3n) is 5.09. The van der Waals surface area contributed by atoms with Gasteiger partial charge in [0.15, 0.2) is 0 Å². The van der Waals surface area contributed by atoms with Crippen LogP contribution in [0.2, 0.25) is 0 Å². The lowest BCUT2D eigenvalue weighted by molar-refractivity contribution is -0.139. The highest BCUT2D eigenvalue weighted by Gasteiger charge is 2.21. The summed E-state index contributed by atoms with van der Waals surface area (Å²) in [5.74, 6) is -1.01. The predicted molar refractivity (Wildman–Crippen MR) is 95.1 cm³/mol. The Bertz CT molecular complexity index is 609. The van der Waals surface area contributed by atoms with Crippen LogP contribution in [0.15, 0.2) is 18.2 Å². The van der Waals surface area contributed by atoms with Gasteiger partial charge in [-0.3, -0.25) is 9.59 Å². The van der Waals surface area contributed by atoms with Gasteiger partial charge in [-0.2, -0.15) is 0 Å². The summed E-state index contributed by atoms with van der Waals surface area (Å²) in [5.41, 5.74) is 3.90. The van der Waals surface area contributed by atoms with Gasteiger partial charge in [-0.1, -0.05) is 25.0 Å². The molecule has 2 N–H and O–H groups in total. The molecule has 0 radical (unpaired) electrons. The van der Waals surface area contributed by atoms with Gasteiger partial charge < -0.3 is 15.5 Å². The monoisotopic (exact) mass is 329 g/mol. The molecule has 2 aliphatic rings. The zero-order valence-corrected chi connectivity index (χ0v) is 14.4. The average molecular weight is 329 g/mol. The van der Waals surface area contributed by atoms with E-state index >= 15 is 0 Å². The van der Waals surface area contributed by atoms with Crippen LogP contribution in [0.25, 0.3) is 0 Å². The summed E-state index contributed by atoms with van der Waals surface area (Å²) in [6, 6.07) is 6.69. The molecule has 24 heavy (non-hydrogen) atoms. The number of carbonyl (C=O) groups is 2. The van der Waals surface area contributed by atoms with Gasteiger partial charge >= 0.3 is 11.8 Å². The molecule has 1 fully saturated rings. The zero-order valence-electron chi connectivity index (χ0n) is 14.4. The Morgan fingerprint density at radius 1 is 1.17 bits per heavy atom. The smallest absolute Gasteiger partial charge is 0.309 e. The van der Waals surface area contributed by atoms with Crippen LogP contribution in [-0.4, -0.2) is 38.0 Å². The van der Waals surface area contributed by atoms with E-state index in [9.17, 15) is 9.59 Å². The van der Waals surface area contributed by atoms with Crippen LogP contribution >= 0.6 is 0 Å². The number of nitrogens with one attached hydrogen (secondary N) is 2. The van der Waals surface area contributed by atoms with Gasteiger partial charge in [0, 0.05) is 31.9 Å². The standard InChI is InChI=1S/C19H27N3O2/c1-22-12-4-5-15-13-14(8-9-17(15)22)10-11-20-18(23)19(24)21-16-6-2-3-7-16/h8-9,13,16H,2-7,10-12H2,1H3,(H,20,23)(H,21,24). The van der Waals surface area contributed by atoms with Crippen molar-refractivity contribution in [2.45, 2.75) is 51.0 Å². The van der Waals surface area contributed by atoms with Gasteiger partial charge in [-0.05, 0) is 49.3 Å². The van der Waals surface area contributed by atoms with E-state index in [1.807, 2.05) is 0 Å². The van der Waals surface area contributed by atoms with Crippen LogP contribution in [0.3, 0.4) is 0 Å². The van der Waals surface area contributed by atoms with Crippen molar-refractivity contribution in [3.63, 3.8) is 0 Å². The van der Waals surface area contributed by atoms with Gasteiger partial charge in [0.25, 0.3) is 0 Å². The summed E-state index contributed by atoms with van der Waals surface area (Å²) >= 11 is 0. The first-order valence-corrected chi connectivity index (χ1v) is 9.05. The molecule has 1 aromatic rings. The Kier molecular flexibility index (Phi) is 5.38. The molecule has 5 nitrogen and oxygen atoms in total. The minimum atomic E-state index is -0.514. The van der Waals surface area contributed by atoms with Crippen LogP contribution < -0.4 is 15.5 Å². The SMILES string of the molecule is CN1CCCc2cc(CCNC(=O)C(=O)NC3CCCC3)ccc21. The number of aryl methyl sites for hydroxylation is 1. The number of hydrogen-bond donors (Lipinski definition) is 2. The number of hydrogen-bond acceptors (Lipinski definition) is 3. The molecule has 1 saturated carbocycles. The number of amides is 2. The molecule has 2 amide bonds. The third kappa shape index (κ3) is 4.08. The highest BCUT2D eigenvalue weighted by molar-refractivity contribution is 6.35. The van der Waals surface area contributed by atoms with Crippen LogP contribution in [0, 0.1) is 0 Å². The molecule has 3 rings (SSSR count). The zero-order chi connectivity index (χ0) is 16.9. The van der Waals surface area contributed by atoms with E-state index in [-0.39, 0.29) is 6.04 Å². The van der Waals surface area contributed by atoms with Crippen molar-refractivity contribution in [1.82, 2.24) is 10.6 Å². The van der Waals surface area contributed by atoms with E-state index in [2.05, 4.69) is 40.8 Å². The van der Waals surface area contributed by atoms with Crippen molar-refractivity contribution < 1.29 is 9.59 Å². The molecule has 1 aromatic carbocycles. The number of benzene rings is 1. The summed E-state index contributed by atoms with van der Waals surface area (Å²) in [5, 5.41) is 5.55. The Labute approximate surface area is 143 Å². The molecule has 0 unspecified atom stereocenters. The molecule has 0 bridgehead atoms. The fourth-order valence-electron chi connectivity index (χ4n) is 3.72. The highest BCUT2D eigenvalue weighted by atomic mass is 16.2. The predicted octanol–water partition coefficient (Wildman–Crippen LogP) is 1.79. The number of anilines is 1. The van der Waals surface area contributed by atoms with Crippen LogP contribution in [0.1, 0.15) is 43.2 Å². The molecule has 0 aromatic heterocycles. The van der Waals surface area contributed by atoms with Crippen molar-refractivity contribution in [2.75, 3.05) is 25.0 Å². The maximum absolute atomic E-state index is 11.9. The summed E-state index contributed by atoms with van der Waals surface area (Å²) in [7, 11) is 2.13. The lowest BCUT2D eigenvalue weighted by Gasteiger charge is -2.27. The lowest BCUT2D eigenvalue weighted by atomic mass is 9.98. The van der Waals surface area contributed by atoms with Gasteiger partial charge in [0.1, 0.15) is 0 Å². The summed E-state index contributed by atoms with van der Waals surface area (Å²) < 4.78 is 0. The third-order valence-corrected chi connectivity index (χ3v) is 5.09. The Morgan fingerprint density at radius 3 is 2.75 bits per heavy atom.